The van der Waals surface area contributed by atoms with Gasteiger partial charge in [-0.25, -0.2) is 0 Å². The number of nitrogens with zero attached hydrogens (tertiary/aromatic N) is 1. The van der Waals surface area contributed by atoms with Gasteiger partial charge in [0.1, 0.15) is 105 Å². The number of aliphatic hydroxyl groups is 1. The highest BCUT2D eigenvalue weighted by atomic mass is 16.3. The van der Waals surface area contributed by atoms with E-state index in [1.54, 1.807) is 48.5 Å². The van der Waals surface area contributed by atoms with Crippen LogP contribution in [0.2, 0.25) is 0 Å². The number of primary amides is 3. The molecule has 0 aromatic heterocycles. The second-order valence-corrected chi connectivity index (χ2v) is 41.0. The Morgan fingerprint density at radius 3 is 1.16 bits per heavy atom. The van der Waals surface area contributed by atoms with Crippen LogP contribution in [0, 0.1) is 23.7 Å². The van der Waals surface area contributed by atoms with E-state index in [4.69, 9.17) is 17.2 Å². The molecule has 780 valence electrons. The molecule has 0 aromatic carbocycles. The standard InChI is InChI=1S/C91H157N23O24/c1-27-91(26,82(137)103-56(36-39-61(93)118)70(125)102-55(35-38-60(92)117)69(124)99-54(45-115)43-53-32-29-28-30-33-53)113-81(136)89(22,23)112-74(129)64(47(4)5)104-73(128)59-34-31-41-114(59)83(138)90(24,25)110-72(127)58(42-46(2)3)100-63(120)44-95-76(131)84(12,13)111-75(130)65(48(6)7)105-80(135)88(20,21)109-71(126)57(37-40-62(94)119)101-66(121)49(8)96-78(133)86(16,17)107-68(123)51(10)98-79(134)87(18,19)108-67(122)50(9)97-77(132)85(14,15)106-52(11)116/h46-51,53-59,64-65,115H,27-45H2,1-26H3,(H2,92,117)(H2,93,118)(H2,94,119)(H,95,131)(H,96,133)(H,97,132)(H,98,134)(H,99,124)(H,100,120)(H,101,121)(H,102,125)(H,103,137)(H,104,128)(H,105,135)(H,106,116)(H,107,123)(H,108,122)(H,109,126)(H,110,127)(H,111,130)(H,112,129)(H,113,136)/t49-,50-,51-,54-,55-,56-,57-,58-,59-,64-,65-,91+/m0/s1. The maximum absolute atomic E-state index is 14.6. The van der Waals surface area contributed by atoms with Crippen LogP contribution >= 0.6 is 0 Å². The number of likely N-dealkylation sites (tertiary alicyclic amines) is 1. The third kappa shape index (κ3) is 39.0. The first kappa shape index (κ1) is 122. The molecule has 138 heavy (non-hydrogen) atoms. The van der Waals surface area contributed by atoms with E-state index in [1.165, 1.54) is 136 Å². The molecule has 2 rings (SSSR count). The molecular weight excluding hydrogens is 1800 g/mol. The molecule has 23 amide bonds. The predicted octanol–water partition coefficient (Wildman–Crippen LogP) is -4.31. The van der Waals surface area contributed by atoms with Crippen LogP contribution in [0.1, 0.15) is 283 Å². The van der Waals surface area contributed by atoms with Crippen molar-refractivity contribution in [2.45, 2.75) is 394 Å². The smallest absolute Gasteiger partial charge is 0.248 e. The Balaban J connectivity index is 2.18. The first-order valence-corrected chi connectivity index (χ1v) is 46.9. The van der Waals surface area contributed by atoms with Gasteiger partial charge in [-0.05, 0) is 200 Å². The van der Waals surface area contributed by atoms with E-state index in [1.807, 2.05) is 0 Å². The second-order valence-electron chi connectivity index (χ2n) is 41.0. The molecular formula is C91H157N23O24. The zero-order valence-corrected chi connectivity index (χ0v) is 85.1. The summed E-state index contributed by atoms with van der Waals surface area (Å²) in [5.74, 6) is -20.9. The van der Waals surface area contributed by atoms with Gasteiger partial charge in [0.05, 0.1) is 19.2 Å². The molecule has 0 radical (unpaired) electrons. The summed E-state index contributed by atoms with van der Waals surface area (Å²) in [5.41, 5.74) is 2.30. The molecule has 12 atom stereocenters. The SMILES string of the molecule is CC[C@@](C)(NC(=O)C(C)(C)NC(=O)[C@@H](NC(=O)[C@@H]1CCCN1C(=O)C(C)(C)NC(=O)[C@H](CC(C)C)NC(=O)CNC(=O)C(C)(C)NC(=O)[C@@H](NC(=O)C(C)(C)NC(=O)[C@H](CCC(N)=O)NC(=O)[C@H](C)NC(=O)C(C)(C)NC(=O)[C@H](C)NC(=O)C(C)(C)NC(=O)[C@H](C)NC(=O)C(C)(C)NC(C)=O)C(C)C)C(C)C)C(=O)N[C@@H](CCC(N)=O)C(=O)N[C@@H](CCC(N)=O)C(=O)N[C@H](CO)CC1CCCCC1. The van der Waals surface area contributed by atoms with Crippen molar-refractivity contribution in [1.82, 2.24) is 106 Å². The highest BCUT2D eigenvalue weighted by molar-refractivity contribution is 6.05. The fraction of sp³-hybridized carbons (Fsp3) is 0.747. The van der Waals surface area contributed by atoms with Crippen LogP contribution in [0.15, 0.2) is 0 Å². The molecule has 47 heteroatoms. The maximum atomic E-state index is 14.6. The Hall–Kier alpha value is -12.2. The lowest BCUT2D eigenvalue weighted by Gasteiger charge is -2.36. The molecule has 0 bridgehead atoms. The van der Waals surface area contributed by atoms with Crippen molar-refractivity contribution < 1.29 is 115 Å². The van der Waals surface area contributed by atoms with Gasteiger partial charge in [0.2, 0.25) is 136 Å². The number of nitrogens with one attached hydrogen (secondary N) is 19. The van der Waals surface area contributed by atoms with Gasteiger partial charge >= 0.3 is 0 Å². The summed E-state index contributed by atoms with van der Waals surface area (Å²) in [5, 5.41) is 58.6. The lowest BCUT2D eigenvalue weighted by atomic mass is 9.85. The van der Waals surface area contributed by atoms with Crippen molar-refractivity contribution in [3.05, 3.63) is 0 Å². The Labute approximate surface area is 807 Å². The van der Waals surface area contributed by atoms with Crippen molar-refractivity contribution in [2.24, 2.45) is 40.9 Å². The van der Waals surface area contributed by atoms with E-state index in [9.17, 15) is 115 Å². The van der Waals surface area contributed by atoms with E-state index in [2.05, 4.69) is 101 Å². The average molecular weight is 1960 g/mol. The minimum absolute atomic E-state index is 0.00966. The summed E-state index contributed by atoms with van der Waals surface area (Å²) in [4.78, 5) is 313. The van der Waals surface area contributed by atoms with Gasteiger partial charge in [-0.15, -0.1) is 0 Å². The monoisotopic (exact) mass is 1960 g/mol. The summed E-state index contributed by atoms with van der Waals surface area (Å²) in [6, 6.07) is -14.5. The van der Waals surface area contributed by atoms with Crippen LogP contribution in [0.3, 0.4) is 0 Å². The molecule has 1 saturated heterocycles. The van der Waals surface area contributed by atoms with Crippen molar-refractivity contribution >= 4 is 136 Å². The number of hydrogen-bond acceptors (Lipinski definition) is 24. The summed E-state index contributed by atoms with van der Waals surface area (Å²) in [7, 11) is 0. The van der Waals surface area contributed by atoms with Gasteiger partial charge in [0.25, 0.3) is 0 Å². The lowest BCUT2D eigenvalue weighted by molar-refractivity contribution is -0.146. The number of rotatable bonds is 55. The van der Waals surface area contributed by atoms with Gasteiger partial charge in [0, 0.05) is 32.7 Å². The highest BCUT2D eigenvalue weighted by Crippen LogP contribution is 2.29. The molecule has 0 spiro atoms. The Bertz CT molecular complexity index is 4440. The zero-order chi connectivity index (χ0) is 106. The highest BCUT2D eigenvalue weighted by Gasteiger charge is 2.48. The molecule has 26 N–H and O–H groups in total. The number of nitrogens with two attached hydrogens (primary N) is 3. The molecule has 1 aliphatic heterocycles. The number of carbonyl (C=O) groups excluding carboxylic acids is 23. The van der Waals surface area contributed by atoms with Crippen LogP contribution < -0.4 is 118 Å². The molecule has 1 heterocycles. The number of carbonyl (C=O) groups is 23. The Kier molecular flexibility index (Phi) is 46.4. The van der Waals surface area contributed by atoms with Crippen molar-refractivity contribution in [2.75, 3.05) is 19.7 Å². The summed E-state index contributed by atoms with van der Waals surface area (Å²) >= 11 is 0. The first-order chi connectivity index (χ1) is 63.2. The normalized spacial score (nSPS) is 16.5. The fourth-order valence-corrected chi connectivity index (χ4v) is 14.7. The largest absolute Gasteiger partial charge is 0.394 e. The van der Waals surface area contributed by atoms with Gasteiger partial charge in [-0.1, -0.05) is 80.6 Å². The zero-order valence-electron chi connectivity index (χ0n) is 85.1. The third-order valence-corrected chi connectivity index (χ3v) is 23.8. The van der Waals surface area contributed by atoms with Gasteiger partial charge in [0.15, 0.2) is 0 Å². The summed E-state index contributed by atoms with van der Waals surface area (Å²) in [6.07, 6.45) is 3.43. The molecule has 0 aromatic rings. The van der Waals surface area contributed by atoms with Crippen LogP contribution in [-0.4, -0.2) is 276 Å². The number of amides is 23. The summed E-state index contributed by atoms with van der Waals surface area (Å²) in [6.45, 7) is 35.3. The van der Waals surface area contributed by atoms with Gasteiger partial charge in [-0.3, -0.25) is 110 Å². The first-order valence-electron chi connectivity index (χ1n) is 46.9. The van der Waals surface area contributed by atoms with Crippen molar-refractivity contribution in [3.8, 4) is 0 Å². The minimum Gasteiger partial charge on any atom is -0.394 e. The number of aliphatic hydroxyl groups excluding tert-OH is 1. The molecule has 2 fully saturated rings. The van der Waals surface area contributed by atoms with Crippen molar-refractivity contribution in [3.63, 3.8) is 0 Å². The van der Waals surface area contributed by atoms with Gasteiger partial charge < -0.3 is 128 Å². The van der Waals surface area contributed by atoms with E-state index in [-0.39, 0.29) is 56.9 Å². The van der Waals surface area contributed by atoms with E-state index >= 15 is 0 Å². The summed E-state index contributed by atoms with van der Waals surface area (Å²) < 4.78 is 0. The maximum Gasteiger partial charge on any atom is 0.248 e. The molecule has 1 saturated carbocycles. The lowest BCUT2D eigenvalue weighted by Crippen LogP contribution is -2.67. The minimum atomic E-state index is -1.91. The third-order valence-electron chi connectivity index (χ3n) is 23.8. The topological polar surface area (TPSA) is 723 Å². The van der Waals surface area contributed by atoms with Crippen molar-refractivity contribution in [1.29, 1.82) is 0 Å². The van der Waals surface area contributed by atoms with Crippen LogP contribution in [0.25, 0.3) is 0 Å². The fourth-order valence-electron chi connectivity index (χ4n) is 14.7. The van der Waals surface area contributed by atoms with E-state index in [0.29, 0.717) is 12.8 Å². The number of hydrogen-bond donors (Lipinski definition) is 23. The molecule has 2 aliphatic rings. The predicted molar refractivity (Wildman–Crippen MR) is 505 cm³/mol. The Morgan fingerprint density at radius 2 is 0.732 bits per heavy atom. The van der Waals surface area contributed by atoms with Crippen LogP contribution in [0.5, 0.6) is 0 Å². The second kappa shape index (κ2) is 52.5. The quantitative estimate of drug-likeness (QED) is 0.0274. The van der Waals surface area contributed by atoms with E-state index in [0.717, 1.165) is 32.1 Å². The van der Waals surface area contributed by atoms with Crippen LogP contribution in [-0.2, 0) is 110 Å². The average Bonchev–Trinajstić information content (AvgIpc) is 1.59. The molecule has 1 aliphatic carbocycles. The van der Waals surface area contributed by atoms with Crippen LogP contribution in [0.4, 0.5) is 0 Å². The van der Waals surface area contributed by atoms with Gasteiger partial charge in [-0.2, -0.15) is 0 Å². The Morgan fingerprint density at radius 1 is 0.362 bits per heavy atom. The molecule has 47 nitrogen and oxygen atoms in total. The van der Waals surface area contributed by atoms with E-state index < -0.39 is 291 Å². The molecule has 0 unspecified atom stereocenters.